The number of halogens is 4. The van der Waals surface area contributed by atoms with Crippen LogP contribution in [-0.2, 0) is 0 Å². The average Bonchev–Trinajstić information content (AvgIpc) is 2.44. The first-order valence-electron chi connectivity index (χ1n) is 8.97. The molecule has 0 atom stereocenters. The molecule has 0 saturated carbocycles. The molecule has 0 heterocycles. The Labute approximate surface area is 159 Å². The molecule has 0 rings (SSSR count). The summed E-state index contributed by atoms with van der Waals surface area (Å²) < 4.78 is 0. The monoisotopic (exact) mass is 514 g/mol. The van der Waals surface area contributed by atoms with Crippen LogP contribution in [0, 0.1) is 0 Å². The third kappa shape index (κ3) is 20.5. The fourth-order valence-corrected chi connectivity index (χ4v) is 7.93. The number of hydrogen-bond donors (Lipinski definition) is 0. The molecule has 0 fully saturated rings. The Bertz CT molecular complexity index is 191. The Kier molecular flexibility index (Phi) is 20.5. The standard InChI is InChI=1S/C16H36P.4ClH.In/c1-5-9-13-17(14-10-6-2,15-11-7-3)16-12-8-4;;;;;/h5-16H2,1-4H3;4*1H;/q+1;;;;;+3/p-4. The van der Waals surface area contributed by atoms with Crippen LogP contribution in [0.5, 0.6) is 0 Å². The van der Waals surface area contributed by atoms with E-state index in [9.17, 15) is 0 Å². The minimum atomic E-state index is -3.37. The second-order valence-corrected chi connectivity index (χ2v) is 40.0. The second kappa shape index (κ2) is 16.9. The van der Waals surface area contributed by atoms with E-state index in [0.29, 0.717) is 0 Å². The van der Waals surface area contributed by atoms with Gasteiger partial charge in [0, 0.05) is 7.26 Å². The zero-order valence-corrected chi connectivity index (χ0v) is 22.2. The maximum absolute atomic E-state index is 5.05. The van der Waals surface area contributed by atoms with Crippen molar-refractivity contribution in [2.75, 3.05) is 24.6 Å². The van der Waals surface area contributed by atoms with Gasteiger partial charge in [-0.2, -0.15) is 0 Å². The van der Waals surface area contributed by atoms with Crippen LogP contribution >= 0.6 is 41.6 Å². The van der Waals surface area contributed by atoms with Crippen LogP contribution < -0.4 is 0 Å². The van der Waals surface area contributed by atoms with Crippen molar-refractivity contribution in [3.05, 3.63) is 0 Å². The van der Waals surface area contributed by atoms with E-state index in [2.05, 4.69) is 27.7 Å². The van der Waals surface area contributed by atoms with E-state index in [0.717, 1.165) is 0 Å². The van der Waals surface area contributed by atoms with Gasteiger partial charge in [-0.15, -0.1) is 0 Å². The molecule has 0 aromatic carbocycles. The molecule has 22 heavy (non-hydrogen) atoms. The average molecular weight is 516 g/mol. The molecule has 0 nitrogen and oxygen atoms in total. The summed E-state index contributed by atoms with van der Waals surface area (Å²) in [7, 11) is 19.6. The number of rotatable bonds is 12. The summed E-state index contributed by atoms with van der Waals surface area (Å²) in [6.07, 6.45) is 17.9. The van der Waals surface area contributed by atoms with Gasteiger partial charge in [0.15, 0.2) is 0 Å². The Morgan fingerprint density at radius 2 is 0.727 bits per heavy atom. The Hall–Kier alpha value is 2.46. The first-order valence-corrected chi connectivity index (χ1v) is 28.2. The van der Waals surface area contributed by atoms with Crippen LogP contribution in [0.2, 0.25) is 0 Å². The van der Waals surface area contributed by atoms with Crippen LogP contribution in [0.25, 0.3) is 0 Å². The Morgan fingerprint density at radius 1 is 0.545 bits per heavy atom. The molecule has 0 aromatic rings. The van der Waals surface area contributed by atoms with E-state index in [1.54, 1.807) is 24.6 Å². The molecule has 0 spiro atoms. The Morgan fingerprint density at radius 3 is 0.864 bits per heavy atom. The van der Waals surface area contributed by atoms with Crippen LogP contribution in [0.1, 0.15) is 79.1 Å². The van der Waals surface area contributed by atoms with Gasteiger partial charge in [0.25, 0.3) is 0 Å². The molecule has 0 bridgehead atoms. The van der Waals surface area contributed by atoms with Gasteiger partial charge in [-0.05, 0) is 25.7 Å². The molecular weight excluding hydrogens is 480 g/mol. The topological polar surface area (TPSA) is 0 Å². The zero-order valence-electron chi connectivity index (χ0n) is 15.0. The molecule has 0 unspecified atom stereocenters. The van der Waals surface area contributed by atoms with E-state index in [-0.39, 0.29) is 0 Å². The summed E-state index contributed by atoms with van der Waals surface area (Å²) in [5.74, 6) is 0. The summed E-state index contributed by atoms with van der Waals surface area (Å²) in [5, 5.41) is 0. The molecule has 0 aliphatic carbocycles. The molecule has 0 amide bonds. The number of hydrogen-bond acceptors (Lipinski definition) is 0. The predicted octanol–water partition coefficient (Wildman–Crippen LogP) is 8.58. The van der Waals surface area contributed by atoms with Crippen molar-refractivity contribution in [2.24, 2.45) is 0 Å². The van der Waals surface area contributed by atoms with E-state index < -0.39 is 22.5 Å². The molecule has 0 N–H and O–H groups in total. The van der Waals surface area contributed by atoms with Crippen molar-refractivity contribution in [2.45, 2.75) is 79.1 Å². The molecule has 0 aliphatic heterocycles. The third-order valence-corrected chi connectivity index (χ3v) is 9.00. The summed E-state index contributed by atoms with van der Waals surface area (Å²) in [5.41, 5.74) is 0. The van der Waals surface area contributed by atoms with E-state index in [1.807, 2.05) is 0 Å². The van der Waals surface area contributed by atoms with Gasteiger partial charge in [0.2, 0.25) is 0 Å². The minimum absolute atomic E-state index is 0.562. The van der Waals surface area contributed by atoms with Gasteiger partial charge >= 0.3 is 49.5 Å². The summed E-state index contributed by atoms with van der Waals surface area (Å²) in [4.78, 5) is 0. The molecule has 0 radical (unpaired) electrons. The maximum atomic E-state index is 5.05. The number of unbranched alkanes of at least 4 members (excludes halogenated alkanes) is 4. The SMILES string of the molecule is CCCC[P+](CCCC)(CCCC)CCCC.[Cl][In-]([Cl])([Cl])[Cl]. The van der Waals surface area contributed by atoms with E-state index >= 15 is 0 Å². The van der Waals surface area contributed by atoms with Gasteiger partial charge in [0.1, 0.15) is 0 Å². The van der Waals surface area contributed by atoms with Crippen molar-refractivity contribution < 1.29 is 0 Å². The third-order valence-electron chi connectivity index (χ3n) is 3.94. The fourth-order valence-electron chi connectivity index (χ4n) is 2.64. The van der Waals surface area contributed by atoms with Gasteiger partial charge in [-0.3, -0.25) is 0 Å². The normalized spacial score (nSPS) is 12.0. The quantitative estimate of drug-likeness (QED) is 0.228. The van der Waals surface area contributed by atoms with Gasteiger partial charge in [-0.1, -0.05) is 53.4 Å². The molecule has 0 aromatic heterocycles. The van der Waals surface area contributed by atoms with Crippen molar-refractivity contribution in [3.8, 4) is 0 Å². The molecular formula is C16H36Cl4InP. The van der Waals surface area contributed by atoms with Crippen molar-refractivity contribution in [1.82, 2.24) is 0 Å². The zero-order chi connectivity index (χ0) is 17.5. The Balaban J connectivity index is 0. The van der Waals surface area contributed by atoms with Gasteiger partial charge in [-0.25, -0.2) is 0 Å². The van der Waals surface area contributed by atoms with Crippen LogP contribution in [0.4, 0.5) is 0 Å². The molecule has 0 saturated heterocycles. The van der Waals surface area contributed by atoms with Gasteiger partial charge in [0.05, 0.1) is 24.6 Å². The molecule has 0 aliphatic rings. The van der Waals surface area contributed by atoms with Crippen molar-refractivity contribution >= 4 is 56.8 Å². The molecule has 136 valence electrons. The molecule has 6 heteroatoms. The summed E-state index contributed by atoms with van der Waals surface area (Å²) in [6.45, 7) is 9.42. The summed E-state index contributed by atoms with van der Waals surface area (Å²) >= 11 is -3.37. The van der Waals surface area contributed by atoms with E-state index in [4.69, 9.17) is 34.3 Å². The van der Waals surface area contributed by atoms with Crippen LogP contribution in [-0.4, -0.2) is 39.9 Å². The van der Waals surface area contributed by atoms with Gasteiger partial charge < -0.3 is 0 Å². The van der Waals surface area contributed by atoms with Crippen molar-refractivity contribution in [3.63, 3.8) is 0 Å². The first kappa shape index (κ1) is 26.7. The van der Waals surface area contributed by atoms with Crippen LogP contribution in [0.3, 0.4) is 0 Å². The van der Waals surface area contributed by atoms with Crippen LogP contribution in [0.15, 0.2) is 0 Å². The van der Waals surface area contributed by atoms with E-state index in [1.165, 1.54) is 51.4 Å². The first-order chi connectivity index (χ1) is 10.2. The predicted molar refractivity (Wildman–Crippen MR) is 115 cm³/mol. The summed E-state index contributed by atoms with van der Waals surface area (Å²) in [6, 6.07) is 0. The fraction of sp³-hybridized carbons (Fsp3) is 1.00. The van der Waals surface area contributed by atoms with Crippen molar-refractivity contribution in [1.29, 1.82) is 0 Å². The second-order valence-electron chi connectivity index (χ2n) is 6.15.